The van der Waals surface area contributed by atoms with Crippen LogP contribution in [0.1, 0.15) is 37.2 Å². The predicted molar refractivity (Wildman–Crippen MR) is 108 cm³/mol. The van der Waals surface area contributed by atoms with Gasteiger partial charge in [-0.05, 0) is 38.4 Å². The maximum atomic E-state index is 6.13. The van der Waals surface area contributed by atoms with Gasteiger partial charge in [-0.2, -0.15) is 0 Å². The molecule has 1 aromatic carbocycles. The van der Waals surface area contributed by atoms with E-state index in [4.69, 9.17) is 16.6 Å². The van der Waals surface area contributed by atoms with E-state index in [1.807, 2.05) is 42.9 Å². The summed E-state index contributed by atoms with van der Waals surface area (Å²) in [5.41, 5.74) is 2.96. The fourth-order valence-electron chi connectivity index (χ4n) is 3.78. The van der Waals surface area contributed by atoms with Crippen molar-refractivity contribution in [2.75, 3.05) is 13.1 Å². The summed E-state index contributed by atoms with van der Waals surface area (Å²) in [5, 5.41) is 0.718. The molecular weight excluding hydrogens is 358 g/mol. The molecule has 1 aliphatic heterocycles. The highest BCUT2D eigenvalue weighted by atomic mass is 35.5. The Balaban J connectivity index is 1.50. The molecule has 0 saturated carbocycles. The lowest BCUT2D eigenvalue weighted by Crippen LogP contribution is -2.35. The fourth-order valence-corrected chi connectivity index (χ4v) is 3.98. The van der Waals surface area contributed by atoms with Crippen LogP contribution in [0.4, 0.5) is 0 Å². The smallest absolute Gasteiger partial charge is 0.122 e. The zero-order valence-electron chi connectivity index (χ0n) is 15.6. The number of hydrogen-bond acceptors (Lipinski definition) is 4. The Bertz CT molecular complexity index is 907. The van der Waals surface area contributed by atoms with E-state index >= 15 is 0 Å². The van der Waals surface area contributed by atoms with E-state index in [9.17, 15) is 0 Å². The van der Waals surface area contributed by atoms with Crippen molar-refractivity contribution in [3.63, 3.8) is 0 Å². The Hall–Kier alpha value is -2.24. The standard InChI is InChI=1S/C21H24ClN5/c1-2-27-10-8-24-21(27)15-26-9-4-6-17(14-26)20-13-23-12-19(25-20)16-5-3-7-18(22)11-16/h3,5,7-8,10-13,17H,2,4,6,9,14-15H2,1H3/t17-/m0/s1. The van der Waals surface area contributed by atoms with E-state index in [1.165, 1.54) is 6.42 Å². The number of hydrogen-bond donors (Lipinski definition) is 0. The molecule has 6 heteroatoms. The first kappa shape index (κ1) is 18.1. The van der Waals surface area contributed by atoms with Crippen molar-refractivity contribution in [2.45, 2.75) is 38.8 Å². The number of piperidine rings is 1. The van der Waals surface area contributed by atoms with E-state index in [1.54, 1.807) is 0 Å². The van der Waals surface area contributed by atoms with Gasteiger partial charge >= 0.3 is 0 Å². The van der Waals surface area contributed by atoms with Crippen LogP contribution in [-0.2, 0) is 13.1 Å². The van der Waals surface area contributed by atoms with Crippen LogP contribution in [-0.4, -0.2) is 37.5 Å². The lowest BCUT2D eigenvalue weighted by atomic mass is 9.94. The molecule has 0 amide bonds. The summed E-state index contributed by atoms with van der Waals surface area (Å²) in [4.78, 5) is 16.4. The summed E-state index contributed by atoms with van der Waals surface area (Å²) in [5.74, 6) is 1.53. The molecule has 0 spiro atoms. The third kappa shape index (κ3) is 4.20. The van der Waals surface area contributed by atoms with Crippen molar-refractivity contribution in [3.8, 4) is 11.3 Å². The normalized spacial score (nSPS) is 17.9. The highest BCUT2D eigenvalue weighted by Crippen LogP contribution is 2.28. The highest BCUT2D eigenvalue weighted by molar-refractivity contribution is 6.30. The summed E-state index contributed by atoms with van der Waals surface area (Å²) in [6.07, 6.45) is 9.98. The second-order valence-electron chi connectivity index (χ2n) is 7.04. The van der Waals surface area contributed by atoms with E-state index in [0.29, 0.717) is 5.92 Å². The predicted octanol–water partition coefficient (Wildman–Crippen LogP) is 4.39. The molecule has 0 aliphatic carbocycles. The molecule has 3 heterocycles. The van der Waals surface area contributed by atoms with Crippen LogP contribution >= 0.6 is 11.6 Å². The molecule has 0 N–H and O–H groups in total. The third-order valence-electron chi connectivity index (χ3n) is 5.20. The first-order valence-corrected chi connectivity index (χ1v) is 9.91. The summed E-state index contributed by atoms with van der Waals surface area (Å²) >= 11 is 6.13. The molecule has 3 aromatic rings. The number of nitrogens with zero attached hydrogens (tertiary/aromatic N) is 5. The first-order chi connectivity index (χ1) is 13.2. The molecule has 27 heavy (non-hydrogen) atoms. The second-order valence-corrected chi connectivity index (χ2v) is 7.48. The summed E-state index contributed by atoms with van der Waals surface area (Å²) < 4.78 is 2.21. The Labute approximate surface area is 165 Å². The maximum Gasteiger partial charge on any atom is 0.122 e. The van der Waals surface area contributed by atoms with Gasteiger partial charge in [-0.15, -0.1) is 0 Å². The van der Waals surface area contributed by atoms with Crippen LogP contribution in [0.5, 0.6) is 0 Å². The number of likely N-dealkylation sites (tertiary alicyclic amines) is 1. The van der Waals surface area contributed by atoms with Crippen LogP contribution in [0.3, 0.4) is 0 Å². The Kier molecular flexibility index (Phi) is 5.50. The van der Waals surface area contributed by atoms with Gasteiger partial charge in [0.2, 0.25) is 0 Å². The summed E-state index contributed by atoms with van der Waals surface area (Å²) in [6, 6.07) is 7.79. The molecule has 140 valence electrons. The average Bonchev–Trinajstić information content (AvgIpc) is 3.15. The van der Waals surface area contributed by atoms with Crippen molar-refractivity contribution < 1.29 is 0 Å². The van der Waals surface area contributed by atoms with Crippen molar-refractivity contribution in [3.05, 3.63) is 65.6 Å². The molecular formula is C21H24ClN5. The van der Waals surface area contributed by atoms with Gasteiger partial charge in [0.25, 0.3) is 0 Å². The third-order valence-corrected chi connectivity index (χ3v) is 5.44. The van der Waals surface area contributed by atoms with Crippen molar-refractivity contribution in [1.82, 2.24) is 24.4 Å². The van der Waals surface area contributed by atoms with E-state index in [0.717, 1.165) is 60.4 Å². The molecule has 0 radical (unpaired) electrons. The quantitative estimate of drug-likeness (QED) is 0.657. The minimum atomic E-state index is 0.399. The number of imidazole rings is 1. The van der Waals surface area contributed by atoms with Gasteiger partial charge in [-0.3, -0.25) is 9.88 Å². The van der Waals surface area contributed by atoms with Crippen LogP contribution < -0.4 is 0 Å². The van der Waals surface area contributed by atoms with Gasteiger partial charge in [-0.1, -0.05) is 23.7 Å². The Morgan fingerprint density at radius 3 is 3.04 bits per heavy atom. The fraction of sp³-hybridized carbons (Fsp3) is 0.381. The molecule has 1 fully saturated rings. The topological polar surface area (TPSA) is 46.8 Å². The SMILES string of the molecule is CCn1ccnc1CN1CCC[C@H](c2cncc(-c3cccc(Cl)c3)n2)C1. The molecule has 2 aromatic heterocycles. The summed E-state index contributed by atoms with van der Waals surface area (Å²) in [6.45, 7) is 6.10. The molecule has 5 nitrogen and oxygen atoms in total. The van der Waals surface area contributed by atoms with Crippen LogP contribution in [0.25, 0.3) is 11.3 Å². The number of halogens is 1. The van der Waals surface area contributed by atoms with Crippen LogP contribution in [0.15, 0.2) is 49.1 Å². The van der Waals surface area contributed by atoms with Crippen molar-refractivity contribution in [1.29, 1.82) is 0 Å². The minimum Gasteiger partial charge on any atom is -0.334 e. The number of aryl methyl sites for hydroxylation is 1. The van der Waals surface area contributed by atoms with Gasteiger partial charge in [-0.25, -0.2) is 9.97 Å². The van der Waals surface area contributed by atoms with Crippen LogP contribution in [0.2, 0.25) is 5.02 Å². The summed E-state index contributed by atoms with van der Waals surface area (Å²) in [7, 11) is 0. The number of aromatic nitrogens is 4. The molecule has 1 aliphatic rings. The van der Waals surface area contributed by atoms with Gasteiger partial charge in [0.1, 0.15) is 5.82 Å². The monoisotopic (exact) mass is 381 g/mol. The Morgan fingerprint density at radius 2 is 2.19 bits per heavy atom. The van der Waals surface area contributed by atoms with Gasteiger partial charge in [0.15, 0.2) is 0 Å². The van der Waals surface area contributed by atoms with Crippen molar-refractivity contribution >= 4 is 11.6 Å². The highest BCUT2D eigenvalue weighted by Gasteiger charge is 2.24. The number of rotatable bonds is 5. The van der Waals surface area contributed by atoms with Gasteiger partial charge in [0.05, 0.1) is 24.1 Å². The van der Waals surface area contributed by atoms with E-state index in [2.05, 4.69) is 32.6 Å². The molecule has 0 unspecified atom stereocenters. The van der Waals surface area contributed by atoms with E-state index in [-0.39, 0.29) is 0 Å². The zero-order chi connectivity index (χ0) is 18.6. The second kappa shape index (κ2) is 8.19. The first-order valence-electron chi connectivity index (χ1n) is 9.53. The zero-order valence-corrected chi connectivity index (χ0v) is 16.3. The van der Waals surface area contributed by atoms with E-state index < -0.39 is 0 Å². The van der Waals surface area contributed by atoms with Gasteiger partial charge in [0, 0.05) is 48.2 Å². The van der Waals surface area contributed by atoms with Crippen LogP contribution in [0, 0.1) is 0 Å². The molecule has 0 bridgehead atoms. The largest absolute Gasteiger partial charge is 0.334 e. The van der Waals surface area contributed by atoms with Gasteiger partial charge < -0.3 is 4.57 Å². The molecule has 4 rings (SSSR count). The lowest BCUT2D eigenvalue weighted by Gasteiger charge is -2.32. The average molecular weight is 382 g/mol. The lowest BCUT2D eigenvalue weighted by molar-refractivity contribution is 0.192. The maximum absolute atomic E-state index is 6.13. The molecule has 1 saturated heterocycles. The number of benzene rings is 1. The molecule has 1 atom stereocenters. The van der Waals surface area contributed by atoms with Crippen molar-refractivity contribution in [2.24, 2.45) is 0 Å². The Morgan fingerprint density at radius 1 is 1.26 bits per heavy atom. The minimum absolute atomic E-state index is 0.399.